The summed E-state index contributed by atoms with van der Waals surface area (Å²) in [6.45, 7) is 2.75. The fraction of sp³-hybridized carbons (Fsp3) is 0.259. The highest BCUT2D eigenvalue weighted by Crippen LogP contribution is 2.32. The third kappa shape index (κ3) is 5.69. The second-order valence-electron chi connectivity index (χ2n) is 8.12. The van der Waals surface area contributed by atoms with Crippen LogP contribution in [0, 0.1) is 0 Å². The van der Waals surface area contributed by atoms with E-state index in [9.17, 15) is 9.59 Å². The molecule has 0 aliphatic carbocycles. The molecule has 1 N–H and O–H groups in total. The van der Waals surface area contributed by atoms with Crippen molar-refractivity contribution in [2.24, 2.45) is 0 Å². The first kappa shape index (κ1) is 23.6. The molecule has 0 spiro atoms. The lowest BCUT2D eigenvalue weighted by molar-refractivity contribution is -0.141. The van der Waals surface area contributed by atoms with E-state index in [4.69, 9.17) is 21.1 Å². The predicted octanol–water partition coefficient (Wildman–Crippen LogP) is 5.26. The number of hydrogen-bond donors (Lipinski definition) is 1. The van der Waals surface area contributed by atoms with Gasteiger partial charge in [0.15, 0.2) is 11.5 Å². The number of fused-ring (bicyclic) bond motifs is 1. The van der Waals surface area contributed by atoms with E-state index >= 15 is 0 Å². The van der Waals surface area contributed by atoms with Crippen molar-refractivity contribution in [3.8, 4) is 11.5 Å². The molecule has 6 nitrogen and oxygen atoms in total. The van der Waals surface area contributed by atoms with Crippen molar-refractivity contribution in [2.45, 2.75) is 38.9 Å². The van der Waals surface area contributed by atoms with E-state index in [0.29, 0.717) is 42.5 Å². The molecule has 3 aromatic rings. The van der Waals surface area contributed by atoms with E-state index in [-0.39, 0.29) is 18.6 Å². The molecule has 1 aliphatic heterocycles. The number of rotatable bonds is 9. The van der Waals surface area contributed by atoms with Gasteiger partial charge in [0.25, 0.3) is 0 Å². The maximum Gasteiger partial charge on any atom is 0.247 e. The van der Waals surface area contributed by atoms with Crippen LogP contribution in [-0.2, 0) is 22.7 Å². The lowest BCUT2D eigenvalue weighted by atomic mass is 10.0. The smallest absolute Gasteiger partial charge is 0.247 e. The monoisotopic (exact) mass is 478 g/mol. The maximum atomic E-state index is 13.6. The highest BCUT2D eigenvalue weighted by molar-refractivity contribution is 6.30. The number of halogens is 1. The Labute approximate surface area is 204 Å². The molecule has 0 saturated heterocycles. The predicted molar refractivity (Wildman–Crippen MR) is 131 cm³/mol. The molecule has 1 heterocycles. The first-order valence-electron chi connectivity index (χ1n) is 11.3. The SMILES string of the molecule is CCCC(=O)N(Cc1ccc(Cl)cc1)C(C(=O)NCc1ccc2c(c1)OCO2)c1ccccc1. The minimum absolute atomic E-state index is 0.0791. The van der Waals surface area contributed by atoms with Crippen LogP contribution in [0.2, 0.25) is 5.02 Å². The Kier molecular flexibility index (Phi) is 7.70. The summed E-state index contributed by atoms with van der Waals surface area (Å²) in [6, 6.07) is 21.5. The lowest BCUT2D eigenvalue weighted by Gasteiger charge is -2.31. The fourth-order valence-corrected chi connectivity index (χ4v) is 4.04. The van der Waals surface area contributed by atoms with Crippen LogP contribution in [0.25, 0.3) is 0 Å². The summed E-state index contributed by atoms with van der Waals surface area (Å²) in [5.41, 5.74) is 2.54. The van der Waals surface area contributed by atoms with Gasteiger partial charge in [0, 0.05) is 24.5 Å². The van der Waals surface area contributed by atoms with Gasteiger partial charge in [-0.15, -0.1) is 0 Å². The molecule has 1 unspecified atom stereocenters. The van der Waals surface area contributed by atoms with Crippen molar-refractivity contribution in [1.82, 2.24) is 10.2 Å². The van der Waals surface area contributed by atoms with Crippen molar-refractivity contribution in [3.63, 3.8) is 0 Å². The van der Waals surface area contributed by atoms with Gasteiger partial charge in [-0.3, -0.25) is 9.59 Å². The molecule has 0 radical (unpaired) electrons. The number of nitrogens with zero attached hydrogens (tertiary/aromatic N) is 1. The molecule has 1 aliphatic rings. The number of hydrogen-bond acceptors (Lipinski definition) is 4. The summed E-state index contributed by atoms with van der Waals surface area (Å²) >= 11 is 6.04. The number of benzene rings is 3. The zero-order chi connectivity index (χ0) is 23.9. The fourth-order valence-electron chi connectivity index (χ4n) is 3.91. The number of nitrogens with one attached hydrogen (secondary N) is 1. The van der Waals surface area contributed by atoms with E-state index in [1.807, 2.05) is 67.6 Å². The molecule has 4 rings (SSSR count). The molecular weight excluding hydrogens is 452 g/mol. The summed E-state index contributed by atoms with van der Waals surface area (Å²) in [7, 11) is 0. The molecule has 3 aromatic carbocycles. The van der Waals surface area contributed by atoms with Crippen molar-refractivity contribution >= 4 is 23.4 Å². The van der Waals surface area contributed by atoms with E-state index in [2.05, 4.69) is 5.32 Å². The van der Waals surface area contributed by atoms with E-state index in [0.717, 1.165) is 16.7 Å². The van der Waals surface area contributed by atoms with Gasteiger partial charge < -0.3 is 19.7 Å². The molecule has 7 heteroatoms. The molecular formula is C27H27ClN2O4. The van der Waals surface area contributed by atoms with E-state index < -0.39 is 6.04 Å². The standard InChI is InChI=1S/C27H27ClN2O4/c1-2-6-25(31)30(17-19-9-12-22(28)13-10-19)26(21-7-4-3-5-8-21)27(32)29-16-20-11-14-23-24(15-20)34-18-33-23/h3-5,7-15,26H,2,6,16-18H2,1H3,(H,29,32). The Morgan fingerprint density at radius 3 is 2.41 bits per heavy atom. The minimum atomic E-state index is -0.773. The summed E-state index contributed by atoms with van der Waals surface area (Å²) in [5.74, 6) is 1.03. The topological polar surface area (TPSA) is 67.9 Å². The molecule has 2 amide bonds. The number of amides is 2. The molecule has 0 saturated carbocycles. The third-order valence-electron chi connectivity index (χ3n) is 5.63. The molecule has 0 bridgehead atoms. The summed E-state index contributed by atoms with van der Waals surface area (Å²) in [5, 5.41) is 3.63. The van der Waals surface area contributed by atoms with Crippen molar-refractivity contribution < 1.29 is 19.1 Å². The molecule has 176 valence electrons. The largest absolute Gasteiger partial charge is 0.454 e. The van der Waals surface area contributed by atoms with Crippen molar-refractivity contribution in [2.75, 3.05) is 6.79 Å². The Balaban J connectivity index is 1.60. The highest BCUT2D eigenvalue weighted by Gasteiger charge is 2.31. The Morgan fingerprint density at radius 2 is 1.68 bits per heavy atom. The first-order valence-corrected chi connectivity index (χ1v) is 11.7. The highest BCUT2D eigenvalue weighted by atomic mass is 35.5. The van der Waals surface area contributed by atoms with Crippen LogP contribution >= 0.6 is 11.6 Å². The van der Waals surface area contributed by atoms with E-state index in [1.165, 1.54) is 0 Å². The average molecular weight is 479 g/mol. The zero-order valence-electron chi connectivity index (χ0n) is 19.0. The van der Waals surface area contributed by atoms with Crippen LogP contribution < -0.4 is 14.8 Å². The van der Waals surface area contributed by atoms with Gasteiger partial charge in [0.05, 0.1) is 0 Å². The van der Waals surface area contributed by atoms with Crippen LogP contribution in [0.4, 0.5) is 0 Å². The Bertz CT molecular complexity index is 1140. The Morgan fingerprint density at radius 1 is 0.971 bits per heavy atom. The van der Waals surface area contributed by atoms with E-state index in [1.54, 1.807) is 17.0 Å². The average Bonchev–Trinajstić information content (AvgIpc) is 3.32. The van der Waals surface area contributed by atoms with Crippen molar-refractivity contribution in [3.05, 3.63) is 94.5 Å². The number of carbonyl (C=O) groups excluding carboxylic acids is 2. The van der Waals surface area contributed by atoms with Gasteiger partial charge in [-0.25, -0.2) is 0 Å². The normalized spacial score (nSPS) is 12.8. The lowest BCUT2D eigenvalue weighted by Crippen LogP contribution is -2.43. The van der Waals surface area contributed by atoms with Crippen LogP contribution in [0.5, 0.6) is 11.5 Å². The summed E-state index contributed by atoms with van der Waals surface area (Å²) in [4.78, 5) is 28.4. The van der Waals surface area contributed by atoms with Crippen LogP contribution in [-0.4, -0.2) is 23.5 Å². The van der Waals surface area contributed by atoms with Gasteiger partial charge in [-0.05, 0) is 47.4 Å². The molecule has 0 fully saturated rings. The van der Waals surface area contributed by atoms with Gasteiger partial charge in [0.1, 0.15) is 6.04 Å². The number of carbonyl (C=O) groups is 2. The van der Waals surface area contributed by atoms with Gasteiger partial charge in [0.2, 0.25) is 18.6 Å². The summed E-state index contributed by atoms with van der Waals surface area (Å²) < 4.78 is 10.8. The van der Waals surface area contributed by atoms with Gasteiger partial charge in [-0.1, -0.05) is 67.1 Å². The second kappa shape index (κ2) is 11.1. The summed E-state index contributed by atoms with van der Waals surface area (Å²) in [6.07, 6.45) is 1.04. The molecule has 1 atom stereocenters. The quantitative estimate of drug-likeness (QED) is 0.456. The maximum absolute atomic E-state index is 13.6. The molecule has 0 aromatic heterocycles. The zero-order valence-corrected chi connectivity index (χ0v) is 19.8. The minimum Gasteiger partial charge on any atom is -0.454 e. The van der Waals surface area contributed by atoms with Gasteiger partial charge in [-0.2, -0.15) is 0 Å². The van der Waals surface area contributed by atoms with Crippen LogP contribution in [0.1, 0.15) is 42.5 Å². The molecule has 34 heavy (non-hydrogen) atoms. The van der Waals surface area contributed by atoms with Gasteiger partial charge >= 0.3 is 0 Å². The second-order valence-corrected chi connectivity index (χ2v) is 8.55. The Hall–Kier alpha value is -3.51. The van der Waals surface area contributed by atoms with Crippen molar-refractivity contribution in [1.29, 1.82) is 0 Å². The van der Waals surface area contributed by atoms with Crippen LogP contribution in [0.3, 0.4) is 0 Å². The first-order chi connectivity index (χ1) is 16.5. The number of ether oxygens (including phenoxy) is 2. The third-order valence-corrected chi connectivity index (χ3v) is 5.88. The van der Waals surface area contributed by atoms with Crippen LogP contribution in [0.15, 0.2) is 72.8 Å².